The Labute approximate surface area is 153 Å². The summed E-state index contributed by atoms with van der Waals surface area (Å²) in [5.74, 6) is 1.80. The fraction of sp³-hybridized carbons (Fsp3) is 0.400. The minimum atomic E-state index is 0.838. The lowest BCUT2D eigenvalue weighted by Gasteiger charge is -2.21. The standard InChI is InChI=1S/C20H26N4S/c1-5-16-13-17-19(22-18(6-2)23-20(17)25-16)21-14-9-11-15(12-10-14)24(7-3)8-4/h9-13H,5-8H2,1-4H3,(H,21,22,23). The number of nitrogens with zero attached hydrogens (tertiary/aromatic N) is 3. The zero-order valence-corrected chi connectivity index (χ0v) is 16.3. The number of fused-ring (bicyclic) bond motifs is 1. The molecule has 0 aliphatic heterocycles. The third kappa shape index (κ3) is 3.76. The van der Waals surface area contributed by atoms with Crippen LogP contribution in [0.15, 0.2) is 30.3 Å². The summed E-state index contributed by atoms with van der Waals surface area (Å²) >= 11 is 1.77. The molecule has 2 aromatic heterocycles. The Morgan fingerprint density at radius 3 is 2.28 bits per heavy atom. The molecule has 0 fully saturated rings. The van der Waals surface area contributed by atoms with Crippen LogP contribution in [-0.2, 0) is 12.8 Å². The lowest BCUT2D eigenvalue weighted by Crippen LogP contribution is -2.21. The fourth-order valence-corrected chi connectivity index (χ4v) is 3.91. The van der Waals surface area contributed by atoms with E-state index in [0.29, 0.717) is 0 Å². The highest BCUT2D eigenvalue weighted by Gasteiger charge is 2.11. The molecule has 3 aromatic rings. The van der Waals surface area contributed by atoms with Crippen molar-refractivity contribution in [3.63, 3.8) is 0 Å². The molecule has 0 aliphatic carbocycles. The Balaban J connectivity index is 1.92. The highest BCUT2D eigenvalue weighted by atomic mass is 32.1. The van der Waals surface area contributed by atoms with E-state index in [9.17, 15) is 0 Å². The van der Waals surface area contributed by atoms with Gasteiger partial charge in [0, 0.05) is 35.8 Å². The first-order valence-electron chi connectivity index (χ1n) is 9.09. The molecule has 0 saturated heterocycles. The molecule has 0 radical (unpaired) electrons. The van der Waals surface area contributed by atoms with Crippen molar-refractivity contribution >= 4 is 38.7 Å². The third-order valence-electron chi connectivity index (χ3n) is 4.41. The van der Waals surface area contributed by atoms with Gasteiger partial charge in [-0.05, 0) is 50.6 Å². The smallest absolute Gasteiger partial charge is 0.142 e. The summed E-state index contributed by atoms with van der Waals surface area (Å²) in [6.45, 7) is 10.7. The van der Waals surface area contributed by atoms with Gasteiger partial charge in [0.25, 0.3) is 0 Å². The quantitative estimate of drug-likeness (QED) is 0.616. The van der Waals surface area contributed by atoms with Gasteiger partial charge in [-0.3, -0.25) is 0 Å². The molecule has 132 valence electrons. The first-order valence-corrected chi connectivity index (χ1v) is 9.91. The SMILES string of the molecule is CCc1nc(Nc2ccc(N(CC)CC)cc2)c2cc(CC)sc2n1. The largest absolute Gasteiger partial charge is 0.372 e. The summed E-state index contributed by atoms with van der Waals surface area (Å²) in [6.07, 6.45) is 1.87. The van der Waals surface area contributed by atoms with Crippen LogP contribution in [0.2, 0.25) is 0 Å². The minimum absolute atomic E-state index is 0.838. The summed E-state index contributed by atoms with van der Waals surface area (Å²) in [7, 11) is 0. The maximum atomic E-state index is 4.73. The van der Waals surface area contributed by atoms with Crippen LogP contribution >= 0.6 is 11.3 Å². The van der Waals surface area contributed by atoms with Crippen LogP contribution in [0.3, 0.4) is 0 Å². The summed E-state index contributed by atoms with van der Waals surface area (Å²) in [4.78, 5) is 14.2. The van der Waals surface area contributed by atoms with Gasteiger partial charge in [0.2, 0.25) is 0 Å². The van der Waals surface area contributed by atoms with Crippen molar-refractivity contribution < 1.29 is 0 Å². The number of rotatable bonds is 7. The molecule has 4 nitrogen and oxygen atoms in total. The number of nitrogens with one attached hydrogen (secondary N) is 1. The van der Waals surface area contributed by atoms with Crippen molar-refractivity contribution in [3.8, 4) is 0 Å². The van der Waals surface area contributed by atoms with Crippen LogP contribution in [0.4, 0.5) is 17.2 Å². The average Bonchev–Trinajstić information content (AvgIpc) is 3.07. The second kappa shape index (κ2) is 7.83. The topological polar surface area (TPSA) is 41.1 Å². The highest BCUT2D eigenvalue weighted by Crippen LogP contribution is 2.31. The number of aromatic nitrogens is 2. The van der Waals surface area contributed by atoms with Gasteiger partial charge in [0.1, 0.15) is 16.5 Å². The molecule has 0 amide bonds. The van der Waals surface area contributed by atoms with E-state index in [4.69, 9.17) is 4.98 Å². The van der Waals surface area contributed by atoms with Gasteiger partial charge in [0.05, 0.1) is 5.39 Å². The number of hydrogen-bond acceptors (Lipinski definition) is 5. The second-order valence-electron chi connectivity index (χ2n) is 5.97. The Morgan fingerprint density at radius 1 is 0.960 bits per heavy atom. The van der Waals surface area contributed by atoms with Crippen LogP contribution < -0.4 is 10.2 Å². The van der Waals surface area contributed by atoms with Crippen molar-refractivity contribution in [3.05, 3.63) is 41.0 Å². The number of hydrogen-bond donors (Lipinski definition) is 1. The predicted octanol–water partition coefficient (Wildman–Crippen LogP) is 5.41. The molecule has 25 heavy (non-hydrogen) atoms. The van der Waals surface area contributed by atoms with Gasteiger partial charge in [-0.25, -0.2) is 9.97 Å². The van der Waals surface area contributed by atoms with Gasteiger partial charge < -0.3 is 10.2 Å². The van der Waals surface area contributed by atoms with Crippen LogP contribution in [-0.4, -0.2) is 23.1 Å². The summed E-state index contributed by atoms with van der Waals surface area (Å²) < 4.78 is 0. The molecule has 3 rings (SSSR count). The molecule has 0 atom stereocenters. The molecule has 5 heteroatoms. The fourth-order valence-electron chi connectivity index (χ4n) is 2.92. The molecule has 2 heterocycles. The molecular weight excluding hydrogens is 328 g/mol. The van der Waals surface area contributed by atoms with Gasteiger partial charge in [-0.15, -0.1) is 11.3 Å². The molecule has 0 spiro atoms. The first-order chi connectivity index (χ1) is 12.2. The van der Waals surface area contributed by atoms with Crippen molar-refractivity contribution in [2.24, 2.45) is 0 Å². The van der Waals surface area contributed by atoms with Gasteiger partial charge >= 0.3 is 0 Å². The second-order valence-corrected chi connectivity index (χ2v) is 7.09. The molecule has 1 aromatic carbocycles. The average molecular weight is 355 g/mol. The Hall–Kier alpha value is -2.14. The number of anilines is 3. The predicted molar refractivity (Wildman–Crippen MR) is 109 cm³/mol. The molecule has 1 N–H and O–H groups in total. The van der Waals surface area contributed by atoms with Crippen molar-refractivity contribution in [1.82, 2.24) is 9.97 Å². The lowest BCUT2D eigenvalue weighted by molar-refractivity contribution is 0.866. The van der Waals surface area contributed by atoms with E-state index in [0.717, 1.165) is 53.5 Å². The van der Waals surface area contributed by atoms with Gasteiger partial charge in [-0.2, -0.15) is 0 Å². The van der Waals surface area contributed by atoms with Crippen molar-refractivity contribution in [2.45, 2.75) is 40.5 Å². The van der Waals surface area contributed by atoms with E-state index >= 15 is 0 Å². The molecule has 0 aliphatic rings. The molecule has 0 bridgehead atoms. The zero-order valence-electron chi connectivity index (χ0n) is 15.5. The summed E-state index contributed by atoms with van der Waals surface area (Å²) in [5.41, 5.74) is 2.31. The summed E-state index contributed by atoms with van der Waals surface area (Å²) in [5, 5.41) is 4.62. The summed E-state index contributed by atoms with van der Waals surface area (Å²) in [6, 6.07) is 10.8. The van der Waals surface area contributed by atoms with E-state index < -0.39 is 0 Å². The Morgan fingerprint density at radius 2 is 1.68 bits per heavy atom. The number of thiophene rings is 1. The number of benzene rings is 1. The Kier molecular flexibility index (Phi) is 5.53. The van der Waals surface area contributed by atoms with Gasteiger partial charge in [-0.1, -0.05) is 13.8 Å². The monoisotopic (exact) mass is 354 g/mol. The van der Waals surface area contributed by atoms with E-state index in [2.05, 4.69) is 73.2 Å². The van der Waals surface area contributed by atoms with Crippen molar-refractivity contribution in [2.75, 3.05) is 23.3 Å². The van der Waals surface area contributed by atoms with E-state index in [1.54, 1.807) is 11.3 Å². The maximum absolute atomic E-state index is 4.73. The molecule has 0 unspecified atom stereocenters. The highest BCUT2D eigenvalue weighted by molar-refractivity contribution is 7.18. The van der Waals surface area contributed by atoms with Gasteiger partial charge in [0.15, 0.2) is 0 Å². The third-order valence-corrected chi connectivity index (χ3v) is 5.59. The Bertz CT molecular complexity index is 835. The van der Waals surface area contributed by atoms with Crippen LogP contribution in [0.25, 0.3) is 10.2 Å². The minimum Gasteiger partial charge on any atom is -0.372 e. The van der Waals surface area contributed by atoms with Crippen molar-refractivity contribution in [1.29, 1.82) is 0 Å². The van der Waals surface area contributed by atoms with E-state index in [1.165, 1.54) is 10.6 Å². The van der Waals surface area contributed by atoms with Crippen LogP contribution in [0, 0.1) is 0 Å². The van der Waals surface area contributed by atoms with E-state index in [-0.39, 0.29) is 0 Å². The first kappa shape index (κ1) is 17.7. The van der Waals surface area contributed by atoms with E-state index in [1.807, 2.05) is 0 Å². The lowest BCUT2D eigenvalue weighted by atomic mass is 10.2. The van der Waals surface area contributed by atoms with Crippen LogP contribution in [0.1, 0.15) is 38.4 Å². The molecular formula is C20H26N4S. The normalized spacial score (nSPS) is 11.0. The molecule has 0 saturated carbocycles. The zero-order chi connectivity index (χ0) is 17.8. The maximum Gasteiger partial charge on any atom is 0.142 e. The van der Waals surface area contributed by atoms with Crippen LogP contribution in [0.5, 0.6) is 0 Å². The number of aryl methyl sites for hydroxylation is 2.